The first-order chi connectivity index (χ1) is 12.2. The fourth-order valence-corrected chi connectivity index (χ4v) is 4.33. The Labute approximate surface area is 150 Å². The lowest BCUT2D eigenvalue weighted by atomic mass is 9.79. The summed E-state index contributed by atoms with van der Waals surface area (Å²) in [5.41, 5.74) is 2.03. The van der Waals surface area contributed by atoms with Crippen LogP contribution in [0.5, 0.6) is 0 Å². The van der Waals surface area contributed by atoms with Crippen LogP contribution in [0.15, 0.2) is 24.3 Å². The average Bonchev–Trinajstić information content (AvgIpc) is 2.69. The van der Waals surface area contributed by atoms with E-state index in [0.29, 0.717) is 5.92 Å². The quantitative estimate of drug-likeness (QED) is 0.613. The van der Waals surface area contributed by atoms with Gasteiger partial charge in [0.1, 0.15) is 0 Å². The summed E-state index contributed by atoms with van der Waals surface area (Å²) in [7, 11) is 1.38. The molecule has 4 heteroatoms. The van der Waals surface area contributed by atoms with Gasteiger partial charge in [0, 0.05) is 13.1 Å². The van der Waals surface area contributed by atoms with Crippen LogP contribution in [0.1, 0.15) is 74.3 Å². The van der Waals surface area contributed by atoms with Gasteiger partial charge in [-0.3, -0.25) is 9.59 Å². The van der Waals surface area contributed by atoms with Crippen LogP contribution in [0.2, 0.25) is 0 Å². The highest BCUT2D eigenvalue weighted by molar-refractivity contribution is 6.03. The molecule has 4 nitrogen and oxygen atoms in total. The van der Waals surface area contributed by atoms with Crippen LogP contribution in [-0.2, 0) is 14.3 Å². The van der Waals surface area contributed by atoms with Gasteiger partial charge in [0.15, 0.2) is 5.92 Å². The van der Waals surface area contributed by atoms with Crippen LogP contribution in [0.4, 0.5) is 0 Å². The van der Waals surface area contributed by atoms with Gasteiger partial charge in [0.05, 0.1) is 7.11 Å². The Morgan fingerprint density at radius 1 is 1.00 bits per heavy atom. The summed E-state index contributed by atoms with van der Waals surface area (Å²) < 4.78 is 5.03. The molecule has 0 N–H and O–H groups in total. The molecule has 1 aliphatic carbocycles. The number of rotatable bonds is 4. The maximum absolute atomic E-state index is 13.2. The Kier molecular flexibility index (Phi) is 6.11. The fourth-order valence-electron chi connectivity index (χ4n) is 4.33. The zero-order valence-electron chi connectivity index (χ0n) is 15.2. The summed E-state index contributed by atoms with van der Waals surface area (Å²) >= 11 is 0. The molecule has 0 radical (unpaired) electrons. The van der Waals surface area contributed by atoms with Crippen molar-refractivity contribution in [2.24, 2.45) is 0 Å². The van der Waals surface area contributed by atoms with Gasteiger partial charge in [-0.05, 0) is 49.1 Å². The van der Waals surface area contributed by atoms with Gasteiger partial charge in [-0.1, -0.05) is 43.5 Å². The maximum Gasteiger partial charge on any atom is 0.322 e. The second-order valence-electron chi connectivity index (χ2n) is 7.31. The maximum atomic E-state index is 13.2. The van der Waals surface area contributed by atoms with Gasteiger partial charge in [0.2, 0.25) is 5.91 Å². The molecule has 136 valence electrons. The Morgan fingerprint density at radius 2 is 1.64 bits per heavy atom. The van der Waals surface area contributed by atoms with Crippen LogP contribution in [-0.4, -0.2) is 37.0 Å². The third-order valence-corrected chi connectivity index (χ3v) is 5.70. The highest BCUT2D eigenvalue weighted by atomic mass is 16.5. The van der Waals surface area contributed by atoms with Crippen molar-refractivity contribution in [1.29, 1.82) is 0 Å². The van der Waals surface area contributed by atoms with E-state index in [1.807, 2.05) is 23.1 Å². The Hall–Kier alpha value is -1.84. The number of carbonyl (C=O) groups excluding carboxylic acids is 2. The zero-order valence-corrected chi connectivity index (χ0v) is 15.2. The van der Waals surface area contributed by atoms with Crippen LogP contribution < -0.4 is 0 Å². The number of hydrogen-bond acceptors (Lipinski definition) is 3. The summed E-state index contributed by atoms with van der Waals surface area (Å²) in [6.45, 7) is 1.50. The van der Waals surface area contributed by atoms with Gasteiger partial charge in [0.25, 0.3) is 0 Å². The van der Waals surface area contributed by atoms with E-state index in [1.165, 1.54) is 31.9 Å². The monoisotopic (exact) mass is 343 g/mol. The second-order valence-corrected chi connectivity index (χ2v) is 7.31. The number of benzene rings is 1. The summed E-state index contributed by atoms with van der Waals surface area (Å²) in [4.78, 5) is 27.6. The van der Waals surface area contributed by atoms with Crippen molar-refractivity contribution in [2.75, 3.05) is 20.2 Å². The highest BCUT2D eigenvalue weighted by Crippen LogP contribution is 2.37. The van der Waals surface area contributed by atoms with Crippen molar-refractivity contribution in [2.45, 2.75) is 63.2 Å². The molecule has 2 aliphatic rings. The van der Waals surface area contributed by atoms with Crippen LogP contribution in [0, 0.1) is 0 Å². The van der Waals surface area contributed by atoms with Crippen molar-refractivity contribution < 1.29 is 14.3 Å². The molecule has 1 unspecified atom stereocenters. The average molecular weight is 343 g/mol. The standard InChI is InChI=1S/C21H29NO3/c1-25-21(24)19(20(23)22-14-8-3-9-15-22)18-13-7-6-12-17(18)16-10-4-2-5-11-16/h6-7,12-13,16,19H,2-5,8-11,14-15H2,1H3. The Bertz CT molecular complexity index is 601. The summed E-state index contributed by atoms with van der Waals surface area (Å²) in [6.07, 6.45) is 9.21. The van der Waals surface area contributed by atoms with Gasteiger partial charge in [-0.25, -0.2) is 0 Å². The third-order valence-electron chi connectivity index (χ3n) is 5.70. The fraction of sp³-hybridized carbons (Fsp3) is 0.619. The minimum Gasteiger partial charge on any atom is -0.468 e. The first-order valence-electron chi connectivity index (χ1n) is 9.68. The number of hydrogen-bond donors (Lipinski definition) is 0. The third kappa shape index (κ3) is 4.05. The number of ether oxygens (including phenoxy) is 1. The van der Waals surface area contributed by atoms with E-state index in [-0.39, 0.29) is 5.91 Å². The van der Waals surface area contributed by atoms with Crippen LogP contribution in [0.25, 0.3) is 0 Å². The topological polar surface area (TPSA) is 46.6 Å². The molecule has 1 amide bonds. The predicted octanol–water partition coefficient (Wildman–Crippen LogP) is 4.00. The molecule has 1 aromatic rings. The molecule has 25 heavy (non-hydrogen) atoms. The van der Waals surface area contributed by atoms with E-state index in [0.717, 1.165) is 50.8 Å². The molecular formula is C21H29NO3. The van der Waals surface area contributed by atoms with E-state index < -0.39 is 11.9 Å². The van der Waals surface area contributed by atoms with Gasteiger partial charge in [-0.15, -0.1) is 0 Å². The zero-order chi connectivity index (χ0) is 17.6. The number of carbonyl (C=O) groups is 2. The molecule has 1 atom stereocenters. The number of methoxy groups -OCH3 is 1. The normalized spacial score (nSPS) is 20.1. The van der Waals surface area contributed by atoms with Gasteiger partial charge < -0.3 is 9.64 Å². The van der Waals surface area contributed by atoms with Crippen LogP contribution in [0.3, 0.4) is 0 Å². The van der Waals surface area contributed by atoms with Gasteiger partial charge >= 0.3 is 5.97 Å². The SMILES string of the molecule is COC(=O)C(C(=O)N1CCCCC1)c1ccccc1C1CCCCC1. The number of amides is 1. The molecule has 1 aliphatic heterocycles. The molecule has 0 bridgehead atoms. The number of nitrogens with zero attached hydrogens (tertiary/aromatic N) is 1. The largest absolute Gasteiger partial charge is 0.468 e. The molecule has 1 heterocycles. The Balaban J connectivity index is 1.93. The lowest BCUT2D eigenvalue weighted by Gasteiger charge is -2.31. The van der Waals surface area contributed by atoms with E-state index in [4.69, 9.17) is 4.74 Å². The summed E-state index contributed by atoms with van der Waals surface area (Å²) in [5, 5.41) is 0. The van der Waals surface area contributed by atoms with E-state index in [2.05, 4.69) is 6.07 Å². The smallest absolute Gasteiger partial charge is 0.322 e. The van der Waals surface area contributed by atoms with Crippen molar-refractivity contribution in [3.8, 4) is 0 Å². The Morgan fingerprint density at radius 3 is 2.32 bits per heavy atom. The van der Waals surface area contributed by atoms with Crippen molar-refractivity contribution in [3.63, 3.8) is 0 Å². The highest BCUT2D eigenvalue weighted by Gasteiger charge is 2.36. The number of piperidine rings is 1. The van der Waals surface area contributed by atoms with Gasteiger partial charge in [-0.2, -0.15) is 0 Å². The lowest BCUT2D eigenvalue weighted by molar-refractivity contribution is -0.149. The van der Waals surface area contributed by atoms with Crippen molar-refractivity contribution >= 4 is 11.9 Å². The number of likely N-dealkylation sites (tertiary alicyclic amines) is 1. The number of esters is 1. The van der Waals surface area contributed by atoms with E-state index in [9.17, 15) is 9.59 Å². The molecule has 2 fully saturated rings. The molecule has 0 spiro atoms. The van der Waals surface area contributed by atoms with E-state index in [1.54, 1.807) is 0 Å². The first kappa shape index (κ1) is 18.0. The van der Waals surface area contributed by atoms with Crippen LogP contribution >= 0.6 is 0 Å². The second kappa shape index (κ2) is 8.50. The molecular weight excluding hydrogens is 314 g/mol. The summed E-state index contributed by atoms with van der Waals surface area (Å²) in [6, 6.07) is 8.01. The molecule has 1 aromatic carbocycles. The minimum atomic E-state index is -0.818. The first-order valence-corrected chi connectivity index (χ1v) is 9.68. The van der Waals surface area contributed by atoms with E-state index >= 15 is 0 Å². The minimum absolute atomic E-state index is 0.0881. The summed E-state index contributed by atoms with van der Waals surface area (Å²) in [5.74, 6) is -0.888. The molecule has 1 saturated heterocycles. The lowest BCUT2D eigenvalue weighted by Crippen LogP contribution is -2.41. The molecule has 3 rings (SSSR count). The molecule has 0 aromatic heterocycles. The predicted molar refractivity (Wildman–Crippen MR) is 97.5 cm³/mol. The molecule has 1 saturated carbocycles. The van der Waals surface area contributed by atoms with Crippen molar-refractivity contribution in [1.82, 2.24) is 4.90 Å². The van der Waals surface area contributed by atoms with Crippen molar-refractivity contribution in [3.05, 3.63) is 35.4 Å².